The maximum atomic E-state index is 12.9. The van der Waals surface area contributed by atoms with Crippen LogP contribution in [0, 0.1) is 17.8 Å². The van der Waals surface area contributed by atoms with Gasteiger partial charge in [0.1, 0.15) is 5.75 Å². The molecule has 0 aromatic heterocycles. The molecule has 27 heavy (non-hydrogen) atoms. The third kappa shape index (κ3) is 3.95. The van der Waals surface area contributed by atoms with Gasteiger partial charge in [0.15, 0.2) is 0 Å². The summed E-state index contributed by atoms with van der Waals surface area (Å²) in [5.41, 5.74) is 1.06. The van der Waals surface area contributed by atoms with E-state index in [1.165, 1.54) is 0 Å². The highest BCUT2D eigenvalue weighted by Gasteiger charge is 2.40. The first-order valence-corrected chi connectivity index (χ1v) is 9.91. The van der Waals surface area contributed by atoms with Gasteiger partial charge in [0, 0.05) is 45.8 Å². The van der Waals surface area contributed by atoms with Crippen LogP contribution in [-0.2, 0) is 20.9 Å². The predicted octanol–water partition coefficient (Wildman–Crippen LogP) is 1.93. The number of benzene rings is 1. The molecular formula is C21H28N2O4. The van der Waals surface area contributed by atoms with Gasteiger partial charge in [-0.3, -0.25) is 9.59 Å². The molecule has 3 fully saturated rings. The quantitative estimate of drug-likeness (QED) is 0.792. The van der Waals surface area contributed by atoms with Crippen molar-refractivity contribution in [3.05, 3.63) is 29.8 Å². The summed E-state index contributed by atoms with van der Waals surface area (Å²) in [5.74, 6) is 1.99. The Balaban J connectivity index is 1.32. The van der Waals surface area contributed by atoms with Gasteiger partial charge in [-0.05, 0) is 42.4 Å². The Morgan fingerprint density at radius 3 is 2.70 bits per heavy atom. The lowest BCUT2D eigenvalue weighted by atomic mass is 9.91. The van der Waals surface area contributed by atoms with Crippen LogP contribution < -0.4 is 4.74 Å². The van der Waals surface area contributed by atoms with Crippen LogP contribution in [0.1, 0.15) is 24.8 Å². The Kier molecular flexibility index (Phi) is 5.34. The molecule has 4 rings (SSSR count). The molecule has 3 unspecified atom stereocenters. The number of likely N-dealkylation sites (tertiary alicyclic amines) is 2. The lowest BCUT2D eigenvalue weighted by molar-refractivity contribution is -0.135. The van der Waals surface area contributed by atoms with Crippen molar-refractivity contribution in [3.8, 4) is 5.75 Å². The third-order valence-corrected chi connectivity index (χ3v) is 6.26. The molecule has 3 heterocycles. The second-order valence-corrected chi connectivity index (χ2v) is 7.98. The summed E-state index contributed by atoms with van der Waals surface area (Å²) in [6.07, 6.45) is 2.52. The van der Waals surface area contributed by atoms with Crippen molar-refractivity contribution in [1.82, 2.24) is 9.80 Å². The minimum atomic E-state index is -0.200. The number of rotatable bonds is 5. The number of amides is 2. The molecule has 6 heteroatoms. The number of carbonyl (C=O) groups is 2. The highest BCUT2D eigenvalue weighted by atomic mass is 16.5. The van der Waals surface area contributed by atoms with Crippen LogP contribution in [0.2, 0.25) is 0 Å². The van der Waals surface area contributed by atoms with E-state index in [1.807, 2.05) is 34.1 Å². The predicted molar refractivity (Wildman–Crippen MR) is 100 cm³/mol. The number of hydrogen-bond donors (Lipinski definition) is 0. The number of nitrogens with zero attached hydrogens (tertiary/aromatic N) is 2. The SMILES string of the molecule is COc1ccc(CN2CC(C(=O)N3CCC(C4CCOC4)C3)CC2=O)cc1. The highest BCUT2D eigenvalue weighted by molar-refractivity contribution is 5.89. The zero-order valence-electron chi connectivity index (χ0n) is 15.9. The van der Waals surface area contributed by atoms with Crippen LogP contribution in [0.25, 0.3) is 0 Å². The maximum absolute atomic E-state index is 12.9. The van der Waals surface area contributed by atoms with E-state index in [2.05, 4.69) is 0 Å². The Morgan fingerprint density at radius 2 is 2.00 bits per heavy atom. The van der Waals surface area contributed by atoms with Gasteiger partial charge in [-0.25, -0.2) is 0 Å². The first-order chi connectivity index (χ1) is 13.1. The van der Waals surface area contributed by atoms with Gasteiger partial charge in [0.25, 0.3) is 0 Å². The zero-order valence-corrected chi connectivity index (χ0v) is 15.9. The lowest BCUT2D eigenvalue weighted by Gasteiger charge is -2.22. The van der Waals surface area contributed by atoms with Crippen molar-refractivity contribution in [1.29, 1.82) is 0 Å². The molecule has 3 saturated heterocycles. The average molecular weight is 372 g/mol. The van der Waals surface area contributed by atoms with Crippen LogP contribution in [-0.4, -0.2) is 61.6 Å². The van der Waals surface area contributed by atoms with Gasteiger partial charge in [-0.2, -0.15) is 0 Å². The largest absolute Gasteiger partial charge is 0.497 e. The van der Waals surface area contributed by atoms with E-state index in [0.717, 1.165) is 50.5 Å². The minimum absolute atomic E-state index is 0.0732. The van der Waals surface area contributed by atoms with Crippen LogP contribution in [0.5, 0.6) is 5.75 Å². The maximum Gasteiger partial charge on any atom is 0.228 e. The molecule has 0 bridgehead atoms. The molecule has 0 aliphatic carbocycles. The average Bonchev–Trinajstić information content (AvgIpc) is 3.43. The van der Waals surface area contributed by atoms with Crippen molar-refractivity contribution >= 4 is 11.8 Å². The third-order valence-electron chi connectivity index (χ3n) is 6.26. The molecule has 0 spiro atoms. The monoisotopic (exact) mass is 372 g/mol. The van der Waals surface area contributed by atoms with E-state index in [9.17, 15) is 9.59 Å². The minimum Gasteiger partial charge on any atom is -0.497 e. The molecule has 1 aromatic carbocycles. The van der Waals surface area contributed by atoms with E-state index in [0.29, 0.717) is 31.3 Å². The Morgan fingerprint density at radius 1 is 1.19 bits per heavy atom. The van der Waals surface area contributed by atoms with Gasteiger partial charge in [-0.1, -0.05) is 12.1 Å². The zero-order chi connectivity index (χ0) is 18.8. The van der Waals surface area contributed by atoms with Gasteiger partial charge < -0.3 is 19.3 Å². The van der Waals surface area contributed by atoms with Gasteiger partial charge in [0.05, 0.1) is 13.0 Å². The summed E-state index contributed by atoms with van der Waals surface area (Å²) in [6.45, 7) is 4.42. The smallest absolute Gasteiger partial charge is 0.228 e. The molecule has 3 aliphatic rings. The van der Waals surface area contributed by atoms with Gasteiger partial charge >= 0.3 is 0 Å². The topological polar surface area (TPSA) is 59.1 Å². The Hall–Kier alpha value is -2.08. The summed E-state index contributed by atoms with van der Waals surface area (Å²) in [4.78, 5) is 29.1. The summed E-state index contributed by atoms with van der Waals surface area (Å²) >= 11 is 0. The highest BCUT2D eigenvalue weighted by Crippen LogP contribution is 2.32. The van der Waals surface area contributed by atoms with E-state index >= 15 is 0 Å². The molecule has 6 nitrogen and oxygen atoms in total. The fraction of sp³-hybridized carbons (Fsp3) is 0.619. The Labute approximate surface area is 160 Å². The number of carbonyl (C=O) groups excluding carboxylic acids is 2. The molecule has 3 aliphatic heterocycles. The van der Waals surface area contributed by atoms with Gasteiger partial charge in [-0.15, -0.1) is 0 Å². The van der Waals surface area contributed by atoms with Crippen molar-refractivity contribution in [2.45, 2.75) is 25.8 Å². The van der Waals surface area contributed by atoms with Crippen LogP contribution in [0.4, 0.5) is 0 Å². The standard InChI is InChI=1S/C21H28N2O4/c1-26-19-4-2-15(3-5-19)11-23-13-18(10-20(23)24)21(25)22-8-6-16(12-22)17-7-9-27-14-17/h2-5,16-18H,6-14H2,1H3. The van der Waals surface area contributed by atoms with Crippen molar-refractivity contribution < 1.29 is 19.1 Å². The summed E-state index contributed by atoms with van der Waals surface area (Å²) in [5, 5.41) is 0. The van der Waals surface area contributed by atoms with Crippen molar-refractivity contribution in [2.24, 2.45) is 17.8 Å². The number of ether oxygens (including phenoxy) is 2. The molecule has 2 amide bonds. The van der Waals surface area contributed by atoms with E-state index in [-0.39, 0.29) is 17.7 Å². The van der Waals surface area contributed by atoms with Crippen LogP contribution in [0.15, 0.2) is 24.3 Å². The molecule has 3 atom stereocenters. The molecule has 0 radical (unpaired) electrons. The van der Waals surface area contributed by atoms with Gasteiger partial charge in [0.2, 0.25) is 11.8 Å². The molecular weight excluding hydrogens is 344 g/mol. The Bertz CT molecular complexity index is 684. The second-order valence-electron chi connectivity index (χ2n) is 7.98. The fourth-order valence-electron chi connectivity index (χ4n) is 4.60. The van der Waals surface area contributed by atoms with E-state index < -0.39 is 0 Å². The van der Waals surface area contributed by atoms with Crippen LogP contribution in [0.3, 0.4) is 0 Å². The van der Waals surface area contributed by atoms with E-state index in [1.54, 1.807) is 7.11 Å². The normalized spacial score (nSPS) is 28.2. The summed E-state index contributed by atoms with van der Waals surface area (Å²) in [7, 11) is 1.64. The first kappa shape index (κ1) is 18.3. The first-order valence-electron chi connectivity index (χ1n) is 9.91. The second kappa shape index (κ2) is 7.89. The lowest BCUT2D eigenvalue weighted by Crippen LogP contribution is -2.36. The molecule has 146 valence electrons. The number of hydrogen-bond acceptors (Lipinski definition) is 4. The summed E-state index contributed by atoms with van der Waals surface area (Å²) < 4.78 is 10.7. The number of methoxy groups -OCH3 is 1. The van der Waals surface area contributed by atoms with E-state index in [4.69, 9.17) is 9.47 Å². The van der Waals surface area contributed by atoms with Crippen molar-refractivity contribution in [3.63, 3.8) is 0 Å². The van der Waals surface area contributed by atoms with Crippen LogP contribution >= 0.6 is 0 Å². The fourth-order valence-corrected chi connectivity index (χ4v) is 4.60. The summed E-state index contributed by atoms with van der Waals surface area (Å²) in [6, 6.07) is 7.73. The molecule has 1 aromatic rings. The molecule has 0 N–H and O–H groups in total. The molecule has 0 saturated carbocycles. The van der Waals surface area contributed by atoms with Crippen molar-refractivity contribution in [2.75, 3.05) is 40.0 Å².